The van der Waals surface area contributed by atoms with Gasteiger partial charge in [0.25, 0.3) is 0 Å². The summed E-state index contributed by atoms with van der Waals surface area (Å²) in [5, 5.41) is 13.9. The smallest absolute Gasteiger partial charge is 0.337 e. The second kappa shape index (κ2) is 8.85. The van der Waals surface area contributed by atoms with Gasteiger partial charge in [0.05, 0.1) is 32.9 Å². The minimum atomic E-state index is -0.619. The quantitative estimate of drug-likeness (QED) is 0.533. The van der Waals surface area contributed by atoms with Crippen LogP contribution in [0.15, 0.2) is 41.6 Å². The zero-order valence-electron chi connectivity index (χ0n) is 18.4. The summed E-state index contributed by atoms with van der Waals surface area (Å²) in [6.07, 6.45) is 0. The van der Waals surface area contributed by atoms with E-state index < -0.39 is 12.0 Å². The van der Waals surface area contributed by atoms with Gasteiger partial charge in [-0.05, 0) is 73.9 Å². The number of ether oxygens (including phenoxy) is 3. The Morgan fingerprint density at radius 3 is 2.16 bits per heavy atom. The third kappa shape index (κ3) is 4.03. The van der Waals surface area contributed by atoms with Gasteiger partial charge >= 0.3 is 5.97 Å². The maximum atomic E-state index is 12.8. The largest absolute Gasteiger partial charge is 0.502 e. The molecule has 3 rings (SSSR count). The molecule has 8 heteroatoms. The Morgan fingerprint density at radius 2 is 1.65 bits per heavy atom. The molecule has 1 aliphatic heterocycles. The summed E-state index contributed by atoms with van der Waals surface area (Å²) >= 11 is 5.68. The normalized spacial score (nSPS) is 16.1. The molecule has 0 bridgehead atoms. The lowest BCUT2D eigenvalue weighted by atomic mass is 9.94. The van der Waals surface area contributed by atoms with Gasteiger partial charge in [-0.3, -0.25) is 4.90 Å². The molecule has 0 radical (unpaired) electrons. The van der Waals surface area contributed by atoms with E-state index in [0.717, 1.165) is 16.8 Å². The van der Waals surface area contributed by atoms with Crippen molar-refractivity contribution in [1.29, 1.82) is 0 Å². The second-order valence-electron chi connectivity index (χ2n) is 7.25. The van der Waals surface area contributed by atoms with E-state index in [-0.39, 0.29) is 17.2 Å². The molecule has 0 amide bonds. The molecule has 2 aromatic carbocycles. The molecular formula is C23H26N2O5S. The number of carbonyl (C=O) groups excluding carboxylic acids is 1. The molecular weight excluding hydrogens is 416 g/mol. The highest BCUT2D eigenvalue weighted by Crippen LogP contribution is 2.42. The van der Waals surface area contributed by atoms with Crippen LogP contribution in [0.5, 0.6) is 17.2 Å². The molecule has 0 aromatic heterocycles. The van der Waals surface area contributed by atoms with Crippen molar-refractivity contribution in [3.05, 3.63) is 58.3 Å². The van der Waals surface area contributed by atoms with Crippen LogP contribution < -0.4 is 19.7 Å². The number of nitrogens with one attached hydrogen (secondary N) is 1. The van der Waals surface area contributed by atoms with Crippen molar-refractivity contribution in [2.24, 2.45) is 0 Å². The Hall–Kier alpha value is -3.26. The first-order chi connectivity index (χ1) is 14.7. The summed E-state index contributed by atoms with van der Waals surface area (Å²) in [5.74, 6) is -0.164. The molecule has 0 aliphatic carbocycles. The van der Waals surface area contributed by atoms with Crippen LogP contribution in [0.1, 0.15) is 29.7 Å². The van der Waals surface area contributed by atoms with Gasteiger partial charge in [0, 0.05) is 11.4 Å². The van der Waals surface area contributed by atoms with Crippen LogP contribution in [-0.4, -0.2) is 37.5 Å². The van der Waals surface area contributed by atoms with E-state index in [2.05, 4.69) is 5.32 Å². The van der Waals surface area contributed by atoms with Crippen LogP contribution in [0.25, 0.3) is 0 Å². The Bertz CT molecular complexity index is 1050. The first-order valence-corrected chi connectivity index (χ1v) is 10.1. The third-order valence-corrected chi connectivity index (χ3v) is 5.77. The maximum Gasteiger partial charge on any atom is 0.337 e. The zero-order chi connectivity index (χ0) is 22.9. The zero-order valence-corrected chi connectivity index (χ0v) is 19.2. The number of phenolic OH excluding ortho intramolecular Hbond substituents is 1. The van der Waals surface area contributed by atoms with E-state index in [9.17, 15) is 9.90 Å². The van der Waals surface area contributed by atoms with Crippen LogP contribution in [0.2, 0.25) is 0 Å². The van der Waals surface area contributed by atoms with E-state index >= 15 is 0 Å². The average molecular weight is 443 g/mol. The van der Waals surface area contributed by atoms with Crippen LogP contribution in [0.3, 0.4) is 0 Å². The Morgan fingerprint density at radius 1 is 1.03 bits per heavy atom. The van der Waals surface area contributed by atoms with Gasteiger partial charge in [-0.2, -0.15) is 0 Å². The fourth-order valence-electron chi connectivity index (χ4n) is 3.62. The highest BCUT2D eigenvalue weighted by Gasteiger charge is 2.36. The van der Waals surface area contributed by atoms with E-state index in [1.54, 1.807) is 12.1 Å². The number of aromatic hydroxyl groups is 1. The number of phenols is 1. The molecule has 2 N–H and O–H groups in total. The monoisotopic (exact) mass is 442 g/mol. The van der Waals surface area contributed by atoms with Crippen LogP contribution in [0.4, 0.5) is 5.69 Å². The first kappa shape index (κ1) is 22.4. The average Bonchev–Trinajstić information content (AvgIpc) is 2.75. The Kier molecular flexibility index (Phi) is 6.40. The van der Waals surface area contributed by atoms with Crippen molar-refractivity contribution in [2.45, 2.75) is 26.8 Å². The summed E-state index contributed by atoms with van der Waals surface area (Å²) in [5.41, 5.74) is 4.80. The number of methoxy groups -OCH3 is 3. The predicted octanol–water partition coefficient (Wildman–Crippen LogP) is 3.91. The van der Waals surface area contributed by atoms with Crippen molar-refractivity contribution in [2.75, 3.05) is 26.2 Å². The summed E-state index contributed by atoms with van der Waals surface area (Å²) in [7, 11) is 4.23. The number of rotatable bonds is 5. The first-order valence-electron chi connectivity index (χ1n) is 9.65. The Labute approximate surface area is 187 Å². The lowest BCUT2D eigenvalue weighted by molar-refractivity contribution is -0.136. The molecule has 164 valence electrons. The highest BCUT2D eigenvalue weighted by atomic mass is 32.1. The number of anilines is 1. The van der Waals surface area contributed by atoms with Crippen molar-refractivity contribution >= 4 is 29.0 Å². The van der Waals surface area contributed by atoms with Gasteiger partial charge in [-0.1, -0.05) is 6.07 Å². The van der Waals surface area contributed by atoms with Gasteiger partial charge in [0.2, 0.25) is 5.75 Å². The SMILES string of the molecule is COC(=O)C1=C(C)N(c2ccc(C)c(C)c2)C(=S)N[C@H]1c1cc(OC)c(O)c(OC)c1. The molecule has 0 spiro atoms. The van der Waals surface area contributed by atoms with E-state index in [1.807, 2.05) is 43.9 Å². The van der Waals surface area contributed by atoms with E-state index in [0.29, 0.717) is 21.9 Å². The molecule has 1 atom stereocenters. The molecule has 1 heterocycles. The minimum Gasteiger partial charge on any atom is -0.502 e. The fourth-order valence-corrected chi connectivity index (χ4v) is 3.98. The number of nitrogens with zero attached hydrogens (tertiary/aromatic N) is 1. The van der Waals surface area contributed by atoms with Crippen molar-refractivity contribution in [3.8, 4) is 17.2 Å². The molecule has 1 aliphatic rings. The molecule has 0 unspecified atom stereocenters. The van der Waals surface area contributed by atoms with Crippen molar-refractivity contribution in [1.82, 2.24) is 5.32 Å². The number of esters is 1. The molecule has 2 aromatic rings. The number of carbonyl (C=O) groups is 1. The third-order valence-electron chi connectivity index (χ3n) is 5.47. The summed E-state index contributed by atoms with van der Waals surface area (Å²) in [6.45, 7) is 5.89. The topological polar surface area (TPSA) is 80.3 Å². The number of hydrogen-bond acceptors (Lipinski definition) is 6. The van der Waals surface area contributed by atoms with E-state index in [4.69, 9.17) is 26.4 Å². The molecule has 7 nitrogen and oxygen atoms in total. The summed E-state index contributed by atoms with van der Waals surface area (Å²) < 4.78 is 15.6. The molecule has 0 fully saturated rings. The predicted molar refractivity (Wildman–Crippen MR) is 123 cm³/mol. The van der Waals surface area contributed by atoms with Crippen molar-refractivity contribution < 1.29 is 24.1 Å². The number of aryl methyl sites for hydroxylation is 2. The highest BCUT2D eigenvalue weighted by molar-refractivity contribution is 7.80. The molecule has 0 saturated carbocycles. The Balaban J connectivity index is 2.19. The number of thiocarbonyl (C=S) groups is 1. The number of benzene rings is 2. The molecule has 0 saturated heterocycles. The lowest BCUT2D eigenvalue weighted by Gasteiger charge is -2.37. The van der Waals surface area contributed by atoms with Gasteiger partial charge in [0.15, 0.2) is 16.6 Å². The second-order valence-corrected chi connectivity index (χ2v) is 7.64. The van der Waals surface area contributed by atoms with Gasteiger partial charge in [-0.25, -0.2) is 4.79 Å². The van der Waals surface area contributed by atoms with Crippen LogP contribution in [0, 0.1) is 13.8 Å². The van der Waals surface area contributed by atoms with Crippen LogP contribution in [-0.2, 0) is 9.53 Å². The van der Waals surface area contributed by atoms with E-state index in [1.165, 1.54) is 21.3 Å². The fraction of sp³-hybridized carbons (Fsp3) is 0.304. The number of allylic oxidation sites excluding steroid dienone is 1. The lowest BCUT2D eigenvalue weighted by Crippen LogP contribution is -2.48. The van der Waals surface area contributed by atoms with Crippen molar-refractivity contribution in [3.63, 3.8) is 0 Å². The molecule has 31 heavy (non-hydrogen) atoms. The summed E-state index contributed by atoms with van der Waals surface area (Å²) in [6, 6.07) is 8.66. The minimum absolute atomic E-state index is 0.121. The van der Waals surface area contributed by atoms with Gasteiger partial charge in [-0.15, -0.1) is 0 Å². The van der Waals surface area contributed by atoms with Crippen LogP contribution >= 0.6 is 12.2 Å². The number of hydrogen-bond donors (Lipinski definition) is 2. The summed E-state index contributed by atoms with van der Waals surface area (Å²) in [4.78, 5) is 14.7. The van der Waals surface area contributed by atoms with Gasteiger partial charge < -0.3 is 24.6 Å². The van der Waals surface area contributed by atoms with Gasteiger partial charge in [0.1, 0.15) is 0 Å². The standard InChI is InChI=1S/C23H26N2O5S/c1-12-7-8-16(9-13(12)2)25-14(3)19(22(27)30-6)20(24-23(25)31)15-10-17(28-4)21(26)18(11-15)29-5/h7-11,20,26H,1-6H3,(H,24,31)/t20-/m0/s1. The maximum absolute atomic E-state index is 12.8.